The lowest BCUT2D eigenvalue weighted by atomic mass is 9.97. The zero-order valence-corrected chi connectivity index (χ0v) is 14.3. The normalized spacial score (nSPS) is 17.6. The number of fused-ring (bicyclic) bond motifs is 1. The Morgan fingerprint density at radius 3 is 2.78 bits per heavy atom. The van der Waals surface area contributed by atoms with Gasteiger partial charge in [0.25, 0.3) is 15.9 Å². The van der Waals surface area contributed by atoms with Crippen molar-refractivity contribution in [3.8, 4) is 0 Å². The van der Waals surface area contributed by atoms with Crippen molar-refractivity contribution in [2.45, 2.75) is 30.6 Å². The van der Waals surface area contributed by atoms with Crippen molar-refractivity contribution in [2.24, 2.45) is 0 Å². The van der Waals surface area contributed by atoms with Gasteiger partial charge in [-0.15, -0.1) is 11.3 Å². The van der Waals surface area contributed by atoms with Crippen molar-refractivity contribution in [3.05, 3.63) is 46.1 Å². The summed E-state index contributed by atoms with van der Waals surface area (Å²) in [4.78, 5) is 16.5. The predicted molar refractivity (Wildman–Crippen MR) is 85.8 cm³/mol. The Hall–Kier alpha value is -1.77. The summed E-state index contributed by atoms with van der Waals surface area (Å²) in [6, 6.07) is 7.40. The number of aromatic nitrogens is 1. The third kappa shape index (κ3) is 3.15. The Morgan fingerprint density at radius 1 is 1.35 bits per heavy atom. The minimum Gasteiger partial charge on any atom is -0.363 e. The number of thiazole rings is 1. The van der Waals surface area contributed by atoms with Crippen LogP contribution in [0.5, 0.6) is 0 Å². The summed E-state index contributed by atoms with van der Waals surface area (Å²) in [7, 11) is -3.94. The number of sulfonamides is 1. The van der Waals surface area contributed by atoms with Crippen molar-refractivity contribution in [2.75, 3.05) is 6.61 Å². The lowest BCUT2D eigenvalue weighted by Crippen LogP contribution is -2.37. The van der Waals surface area contributed by atoms with Gasteiger partial charge >= 0.3 is 0 Å². The lowest BCUT2D eigenvalue weighted by molar-refractivity contribution is -0.132. The minimum atomic E-state index is -3.94. The predicted octanol–water partition coefficient (Wildman–Crippen LogP) is 1.88. The van der Waals surface area contributed by atoms with E-state index in [4.69, 9.17) is 4.74 Å². The van der Waals surface area contributed by atoms with Crippen LogP contribution in [0.15, 0.2) is 28.5 Å². The third-order valence-corrected chi connectivity index (χ3v) is 6.60. The highest BCUT2D eigenvalue weighted by Crippen LogP contribution is 2.28. The van der Waals surface area contributed by atoms with Gasteiger partial charge < -0.3 is 4.74 Å². The van der Waals surface area contributed by atoms with Crippen molar-refractivity contribution < 1.29 is 17.9 Å². The first-order chi connectivity index (χ1) is 10.9. The molecule has 1 aromatic carbocycles. The molecule has 1 unspecified atom stereocenters. The highest BCUT2D eigenvalue weighted by Gasteiger charge is 2.31. The van der Waals surface area contributed by atoms with E-state index in [1.54, 1.807) is 26.0 Å². The van der Waals surface area contributed by atoms with Gasteiger partial charge in [-0.05, 0) is 31.4 Å². The Labute approximate surface area is 138 Å². The molecule has 0 radical (unpaired) electrons. The van der Waals surface area contributed by atoms with Crippen molar-refractivity contribution in [1.82, 2.24) is 9.71 Å². The summed E-state index contributed by atoms with van der Waals surface area (Å²) < 4.78 is 32.5. The second-order valence-electron chi connectivity index (χ2n) is 5.28. The average Bonchev–Trinajstić information content (AvgIpc) is 2.86. The number of benzene rings is 1. The number of nitrogens with zero attached hydrogens (tertiary/aromatic N) is 1. The van der Waals surface area contributed by atoms with Gasteiger partial charge in [0.1, 0.15) is 0 Å². The van der Waals surface area contributed by atoms with E-state index in [2.05, 4.69) is 9.71 Å². The molecule has 2 aromatic rings. The van der Waals surface area contributed by atoms with E-state index in [0.717, 1.165) is 16.9 Å². The molecule has 1 aliphatic rings. The monoisotopic (exact) mass is 352 g/mol. The summed E-state index contributed by atoms with van der Waals surface area (Å²) in [5.41, 5.74) is 2.10. The number of rotatable bonds is 3. The largest absolute Gasteiger partial charge is 0.363 e. The zero-order valence-electron chi connectivity index (χ0n) is 12.7. The fourth-order valence-electron chi connectivity index (χ4n) is 2.61. The van der Waals surface area contributed by atoms with E-state index in [-0.39, 0.29) is 4.21 Å². The maximum atomic E-state index is 12.4. The second kappa shape index (κ2) is 6.03. The number of hydrogen-bond donors (Lipinski definition) is 1. The van der Waals surface area contributed by atoms with E-state index >= 15 is 0 Å². The molecule has 23 heavy (non-hydrogen) atoms. The molecule has 1 atom stereocenters. The first-order valence-electron chi connectivity index (χ1n) is 7.08. The number of carbonyl (C=O) groups is 1. The van der Waals surface area contributed by atoms with Crippen LogP contribution in [0.4, 0.5) is 0 Å². The molecule has 122 valence electrons. The molecular formula is C15H16N2O4S2. The molecule has 0 aliphatic carbocycles. The molecule has 0 fully saturated rings. The molecule has 1 aliphatic heterocycles. The Kier molecular flexibility index (Phi) is 4.22. The maximum absolute atomic E-state index is 12.4. The minimum absolute atomic E-state index is 0.0624. The Morgan fingerprint density at radius 2 is 2.09 bits per heavy atom. The van der Waals surface area contributed by atoms with Crippen molar-refractivity contribution in [3.63, 3.8) is 0 Å². The van der Waals surface area contributed by atoms with E-state index < -0.39 is 22.0 Å². The number of ether oxygens (including phenoxy) is 1. The molecule has 2 heterocycles. The lowest BCUT2D eigenvalue weighted by Gasteiger charge is -2.24. The summed E-state index contributed by atoms with van der Waals surface area (Å²) in [5.74, 6) is -0.678. The zero-order chi connectivity index (χ0) is 16.6. The highest BCUT2D eigenvalue weighted by atomic mass is 32.2. The molecule has 0 saturated carbocycles. The van der Waals surface area contributed by atoms with Gasteiger partial charge in [0.15, 0.2) is 10.3 Å². The Balaban J connectivity index is 1.87. The second-order valence-corrected chi connectivity index (χ2v) is 8.36. The van der Waals surface area contributed by atoms with Crippen LogP contribution in [0.3, 0.4) is 0 Å². The summed E-state index contributed by atoms with van der Waals surface area (Å²) >= 11 is 1.04. The molecule has 3 rings (SSSR count). The molecule has 8 heteroatoms. The van der Waals surface area contributed by atoms with Crippen LogP contribution in [0, 0.1) is 13.8 Å². The highest BCUT2D eigenvalue weighted by molar-refractivity contribution is 7.92. The van der Waals surface area contributed by atoms with Crippen LogP contribution in [0.2, 0.25) is 0 Å². The van der Waals surface area contributed by atoms with Crippen LogP contribution >= 0.6 is 11.3 Å². The molecule has 0 bridgehead atoms. The number of hydrogen-bond acceptors (Lipinski definition) is 6. The molecule has 1 amide bonds. The molecule has 0 spiro atoms. The van der Waals surface area contributed by atoms with E-state index in [1.165, 1.54) is 0 Å². The van der Waals surface area contributed by atoms with Gasteiger partial charge in [0, 0.05) is 0 Å². The van der Waals surface area contributed by atoms with E-state index in [0.29, 0.717) is 29.3 Å². The van der Waals surface area contributed by atoms with Crippen LogP contribution in [-0.2, 0) is 26.0 Å². The van der Waals surface area contributed by atoms with Gasteiger partial charge in [0.2, 0.25) is 0 Å². The van der Waals surface area contributed by atoms with Crippen LogP contribution in [0.25, 0.3) is 0 Å². The summed E-state index contributed by atoms with van der Waals surface area (Å²) in [6.45, 7) is 3.71. The Bertz CT molecular complexity index is 858. The van der Waals surface area contributed by atoms with Gasteiger partial charge in [-0.25, -0.2) is 18.1 Å². The van der Waals surface area contributed by atoms with Crippen LogP contribution in [-0.4, -0.2) is 25.9 Å². The van der Waals surface area contributed by atoms with Gasteiger partial charge in [-0.3, -0.25) is 4.79 Å². The molecular weight excluding hydrogens is 336 g/mol. The first kappa shape index (κ1) is 16.1. The fourth-order valence-corrected chi connectivity index (χ4v) is 5.07. The maximum Gasteiger partial charge on any atom is 0.275 e. The third-order valence-electron chi connectivity index (χ3n) is 3.57. The van der Waals surface area contributed by atoms with Gasteiger partial charge in [0.05, 0.1) is 17.3 Å². The van der Waals surface area contributed by atoms with Crippen molar-refractivity contribution in [1.29, 1.82) is 0 Å². The summed E-state index contributed by atoms with van der Waals surface area (Å²) in [5, 5.41) is 0.634. The molecule has 0 saturated heterocycles. The smallest absolute Gasteiger partial charge is 0.275 e. The number of nitrogens with one attached hydrogen (secondary N) is 1. The molecule has 1 aromatic heterocycles. The standard InChI is InChI=1S/C15H16N2O4S2/c1-9-15(22-10(2)16-9)23(19,20)17-14(18)13-12-6-4-3-5-11(12)7-8-21-13/h3-6,13H,7-8H2,1-2H3,(H,17,18). The quantitative estimate of drug-likeness (QED) is 0.911. The number of carbonyl (C=O) groups excluding carboxylic acids is 1. The van der Waals surface area contributed by atoms with E-state index in [1.807, 2.05) is 12.1 Å². The topological polar surface area (TPSA) is 85.4 Å². The van der Waals surface area contributed by atoms with Crippen LogP contribution in [0.1, 0.15) is 27.9 Å². The number of amides is 1. The average molecular weight is 352 g/mol. The molecule has 1 N–H and O–H groups in total. The van der Waals surface area contributed by atoms with E-state index in [9.17, 15) is 13.2 Å². The first-order valence-corrected chi connectivity index (χ1v) is 9.38. The van der Waals surface area contributed by atoms with Gasteiger partial charge in [-0.2, -0.15) is 0 Å². The van der Waals surface area contributed by atoms with Gasteiger partial charge in [-0.1, -0.05) is 24.3 Å². The molecule has 6 nitrogen and oxygen atoms in total. The SMILES string of the molecule is Cc1nc(C)c(S(=O)(=O)NC(=O)C2OCCc3ccccc32)s1. The van der Waals surface area contributed by atoms with Crippen molar-refractivity contribution >= 4 is 27.3 Å². The number of aryl methyl sites for hydroxylation is 2. The summed E-state index contributed by atoms with van der Waals surface area (Å²) in [6.07, 6.45) is -0.205. The fraction of sp³-hybridized carbons (Fsp3) is 0.333. The van der Waals surface area contributed by atoms with Crippen LogP contribution < -0.4 is 4.72 Å².